The minimum absolute atomic E-state index is 0.0135. The molecule has 0 spiro atoms. The highest BCUT2D eigenvalue weighted by molar-refractivity contribution is 5.77. The highest BCUT2D eigenvalue weighted by atomic mass is 16.5. The number of carbonyl (C=O) groups is 1. The molecule has 4 rings (SSSR count). The first-order valence-electron chi connectivity index (χ1n) is 10.8. The van der Waals surface area contributed by atoms with Crippen molar-refractivity contribution in [2.24, 2.45) is 0 Å². The maximum absolute atomic E-state index is 12.1. The lowest BCUT2D eigenvalue weighted by Crippen LogP contribution is -2.30. The molecule has 31 heavy (non-hydrogen) atoms. The summed E-state index contributed by atoms with van der Waals surface area (Å²) in [6, 6.07) is 14.0. The summed E-state index contributed by atoms with van der Waals surface area (Å²) in [7, 11) is 1.65. The molecule has 6 heteroatoms. The molecule has 1 fully saturated rings. The number of allylic oxidation sites excluding steroid dienone is 1. The van der Waals surface area contributed by atoms with Crippen LogP contribution in [0.2, 0.25) is 0 Å². The van der Waals surface area contributed by atoms with E-state index in [2.05, 4.69) is 10.6 Å². The Labute approximate surface area is 183 Å². The molecular weight excluding hydrogens is 390 g/mol. The van der Waals surface area contributed by atoms with Crippen molar-refractivity contribution in [2.45, 2.75) is 39.3 Å². The van der Waals surface area contributed by atoms with Crippen LogP contribution in [0.3, 0.4) is 0 Å². The zero-order valence-corrected chi connectivity index (χ0v) is 18.4. The monoisotopic (exact) mass is 419 g/mol. The Morgan fingerprint density at radius 1 is 1.23 bits per heavy atom. The maximum Gasteiger partial charge on any atom is 0.220 e. The van der Waals surface area contributed by atoms with Crippen LogP contribution in [-0.2, 0) is 11.3 Å². The summed E-state index contributed by atoms with van der Waals surface area (Å²) in [6.07, 6.45) is 5.95. The van der Waals surface area contributed by atoms with Gasteiger partial charge in [-0.3, -0.25) is 4.79 Å². The predicted octanol–water partition coefficient (Wildman–Crippen LogP) is 4.84. The second-order valence-corrected chi connectivity index (χ2v) is 7.74. The van der Waals surface area contributed by atoms with E-state index >= 15 is 0 Å². The Balaban J connectivity index is 1.58. The molecule has 0 unspecified atom stereocenters. The van der Waals surface area contributed by atoms with E-state index in [9.17, 15) is 4.79 Å². The van der Waals surface area contributed by atoms with Crippen molar-refractivity contribution in [3.05, 3.63) is 59.9 Å². The fourth-order valence-corrected chi connectivity index (χ4v) is 4.34. The Morgan fingerprint density at radius 3 is 2.84 bits per heavy atom. The van der Waals surface area contributed by atoms with Gasteiger partial charge in [0.25, 0.3) is 0 Å². The van der Waals surface area contributed by atoms with Crippen LogP contribution in [0.4, 0.5) is 0 Å². The number of para-hydroxylation sites is 2. The molecule has 0 aliphatic carbocycles. The number of methoxy groups -OCH3 is 1. The molecular formula is C25H29N3O3. The van der Waals surface area contributed by atoms with Crippen molar-refractivity contribution >= 4 is 23.0 Å². The summed E-state index contributed by atoms with van der Waals surface area (Å²) in [5, 5.41) is 0. The van der Waals surface area contributed by atoms with Gasteiger partial charge < -0.3 is 18.9 Å². The minimum Gasteiger partial charge on any atom is -0.493 e. The van der Waals surface area contributed by atoms with Crippen LogP contribution in [0.15, 0.2) is 48.5 Å². The summed E-state index contributed by atoms with van der Waals surface area (Å²) in [4.78, 5) is 19.0. The Bertz CT molecular complexity index is 1100. The van der Waals surface area contributed by atoms with Gasteiger partial charge in [-0.05, 0) is 49.6 Å². The van der Waals surface area contributed by atoms with E-state index in [1.54, 1.807) is 14.0 Å². The molecule has 2 aromatic carbocycles. The first-order chi connectivity index (χ1) is 15.1. The van der Waals surface area contributed by atoms with E-state index in [0.717, 1.165) is 41.8 Å². The molecule has 6 nitrogen and oxygen atoms in total. The first-order valence-corrected chi connectivity index (χ1v) is 10.8. The molecule has 0 saturated carbocycles. The Hall–Kier alpha value is -3.28. The van der Waals surface area contributed by atoms with Crippen molar-refractivity contribution in [2.75, 3.05) is 20.3 Å². The molecule has 1 aromatic heterocycles. The number of amides is 1. The lowest BCUT2D eigenvalue weighted by molar-refractivity contribution is -0.129. The van der Waals surface area contributed by atoms with Gasteiger partial charge in [0.2, 0.25) is 5.91 Å². The number of ether oxygens (including phenoxy) is 2. The van der Waals surface area contributed by atoms with Gasteiger partial charge in [0.05, 0.1) is 30.7 Å². The predicted molar refractivity (Wildman–Crippen MR) is 122 cm³/mol. The summed E-state index contributed by atoms with van der Waals surface area (Å²) < 4.78 is 13.8. The highest BCUT2D eigenvalue weighted by Crippen LogP contribution is 2.34. The molecule has 1 aliphatic heterocycles. The Kier molecular flexibility index (Phi) is 6.26. The van der Waals surface area contributed by atoms with Crippen LogP contribution in [-0.4, -0.2) is 40.6 Å². The second kappa shape index (κ2) is 9.25. The van der Waals surface area contributed by atoms with Gasteiger partial charge in [-0.15, -0.1) is 0 Å². The fraction of sp³-hybridized carbons (Fsp3) is 0.360. The lowest BCUT2D eigenvalue weighted by atomic mass is 10.2. The van der Waals surface area contributed by atoms with Crippen LogP contribution >= 0.6 is 0 Å². The number of nitrogens with zero attached hydrogens (tertiary/aromatic N) is 3. The molecule has 1 atom stereocenters. The van der Waals surface area contributed by atoms with Crippen LogP contribution in [0, 0.1) is 0 Å². The van der Waals surface area contributed by atoms with Gasteiger partial charge in [-0.1, -0.05) is 30.4 Å². The molecule has 2 heterocycles. The summed E-state index contributed by atoms with van der Waals surface area (Å²) in [6.45, 7) is 5.52. The van der Waals surface area contributed by atoms with E-state index in [4.69, 9.17) is 14.5 Å². The van der Waals surface area contributed by atoms with Gasteiger partial charge >= 0.3 is 0 Å². The van der Waals surface area contributed by atoms with E-state index in [1.165, 1.54) is 0 Å². The summed E-state index contributed by atoms with van der Waals surface area (Å²) in [5.74, 6) is 2.47. The average molecular weight is 420 g/mol. The average Bonchev–Trinajstić information content (AvgIpc) is 3.40. The normalized spacial score (nSPS) is 16.4. The molecule has 1 saturated heterocycles. The number of likely N-dealkylation sites (tertiary alicyclic amines) is 1. The van der Waals surface area contributed by atoms with Gasteiger partial charge in [0, 0.05) is 13.5 Å². The third-order valence-corrected chi connectivity index (χ3v) is 5.76. The number of carbonyl (C=O) groups excluding carboxylic acids is 1. The number of fused-ring (bicyclic) bond motifs is 1. The molecule has 1 amide bonds. The van der Waals surface area contributed by atoms with E-state index in [-0.39, 0.29) is 11.9 Å². The standard InChI is InChI=1S/C25H29N3O3/c1-4-8-19-12-13-23(24(17-19)30-3)31-16-15-28-21-10-6-5-9-20(21)26-25(28)22-11-7-14-27(22)18(2)29/h4-6,8-10,12-13,17,22H,7,11,14-16H2,1-3H3/b8-4+/t22-/m0/s1. The molecule has 0 bridgehead atoms. The largest absolute Gasteiger partial charge is 0.493 e. The molecule has 1 aliphatic rings. The number of aromatic nitrogens is 2. The number of rotatable bonds is 7. The molecule has 3 aromatic rings. The first kappa shape index (κ1) is 21.0. The van der Waals surface area contributed by atoms with Gasteiger partial charge in [0.1, 0.15) is 12.4 Å². The number of imidazole rings is 1. The van der Waals surface area contributed by atoms with Crippen LogP contribution in [0.25, 0.3) is 17.1 Å². The van der Waals surface area contributed by atoms with Crippen molar-refractivity contribution in [3.8, 4) is 11.5 Å². The van der Waals surface area contributed by atoms with Gasteiger partial charge in [-0.25, -0.2) is 4.98 Å². The third kappa shape index (κ3) is 4.29. The number of hydrogen-bond donors (Lipinski definition) is 0. The second-order valence-electron chi connectivity index (χ2n) is 7.74. The Morgan fingerprint density at radius 2 is 2.06 bits per heavy atom. The van der Waals surface area contributed by atoms with Gasteiger partial charge in [0.15, 0.2) is 11.5 Å². The van der Waals surface area contributed by atoms with Crippen LogP contribution in [0.1, 0.15) is 44.1 Å². The van der Waals surface area contributed by atoms with E-state index in [1.807, 2.05) is 60.4 Å². The maximum atomic E-state index is 12.1. The minimum atomic E-state index is 0.0135. The summed E-state index contributed by atoms with van der Waals surface area (Å²) >= 11 is 0. The van der Waals surface area contributed by atoms with Crippen molar-refractivity contribution in [1.29, 1.82) is 0 Å². The van der Waals surface area contributed by atoms with E-state index in [0.29, 0.717) is 24.7 Å². The lowest BCUT2D eigenvalue weighted by Gasteiger charge is -2.24. The van der Waals surface area contributed by atoms with Crippen molar-refractivity contribution in [3.63, 3.8) is 0 Å². The quantitative estimate of drug-likeness (QED) is 0.550. The van der Waals surface area contributed by atoms with Crippen LogP contribution in [0.5, 0.6) is 11.5 Å². The zero-order chi connectivity index (χ0) is 21.8. The molecule has 0 radical (unpaired) electrons. The SMILES string of the molecule is C/C=C/c1ccc(OCCn2c([C@@H]3CCCN3C(C)=O)nc3ccccc32)c(OC)c1. The van der Waals surface area contributed by atoms with Crippen molar-refractivity contribution < 1.29 is 14.3 Å². The highest BCUT2D eigenvalue weighted by Gasteiger charge is 2.32. The molecule has 162 valence electrons. The van der Waals surface area contributed by atoms with Crippen LogP contribution < -0.4 is 9.47 Å². The topological polar surface area (TPSA) is 56.6 Å². The number of benzene rings is 2. The van der Waals surface area contributed by atoms with E-state index < -0.39 is 0 Å². The van der Waals surface area contributed by atoms with Crippen molar-refractivity contribution in [1.82, 2.24) is 14.5 Å². The summed E-state index contributed by atoms with van der Waals surface area (Å²) in [5.41, 5.74) is 3.08. The molecule has 0 N–H and O–H groups in total. The third-order valence-electron chi connectivity index (χ3n) is 5.76. The smallest absolute Gasteiger partial charge is 0.220 e. The fourth-order valence-electron chi connectivity index (χ4n) is 4.34. The zero-order valence-electron chi connectivity index (χ0n) is 18.4. The van der Waals surface area contributed by atoms with Gasteiger partial charge in [-0.2, -0.15) is 0 Å². The number of hydrogen-bond acceptors (Lipinski definition) is 4.